The largest absolute Gasteiger partial charge is 0.363 e. The highest BCUT2D eigenvalue weighted by atomic mass is 35.5. The molecule has 1 saturated heterocycles. The van der Waals surface area contributed by atoms with Crippen molar-refractivity contribution in [1.82, 2.24) is 5.32 Å². The lowest BCUT2D eigenvalue weighted by atomic mass is 10.1. The molecule has 0 amide bonds. The van der Waals surface area contributed by atoms with Crippen LogP contribution in [0.15, 0.2) is 24.3 Å². The van der Waals surface area contributed by atoms with Gasteiger partial charge in [-0.25, -0.2) is 0 Å². The monoisotopic (exact) mass is 225 g/mol. The molecule has 2 unspecified atom stereocenters. The first kappa shape index (κ1) is 10.9. The van der Waals surface area contributed by atoms with Gasteiger partial charge in [0.25, 0.3) is 0 Å². The van der Waals surface area contributed by atoms with Crippen molar-refractivity contribution in [3.8, 4) is 0 Å². The van der Waals surface area contributed by atoms with E-state index in [1.807, 2.05) is 24.3 Å². The van der Waals surface area contributed by atoms with Gasteiger partial charge < -0.3 is 4.74 Å². The average molecular weight is 226 g/mol. The van der Waals surface area contributed by atoms with Crippen molar-refractivity contribution in [2.75, 3.05) is 13.2 Å². The van der Waals surface area contributed by atoms with E-state index in [1.165, 1.54) is 5.56 Å². The summed E-state index contributed by atoms with van der Waals surface area (Å²) in [6.45, 7) is 4.08. The van der Waals surface area contributed by atoms with Gasteiger partial charge in [-0.05, 0) is 23.6 Å². The Labute approximate surface area is 95.6 Å². The van der Waals surface area contributed by atoms with Crippen LogP contribution in [0.4, 0.5) is 0 Å². The van der Waals surface area contributed by atoms with E-state index in [0.29, 0.717) is 5.92 Å². The average Bonchev–Trinajstić information content (AvgIpc) is 2.25. The summed E-state index contributed by atoms with van der Waals surface area (Å²) in [4.78, 5) is 0. The lowest BCUT2D eigenvalue weighted by molar-refractivity contribution is -0.0228. The van der Waals surface area contributed by atoms with Gasteiger partial charge in [0.1, 0.15) is 6.23 Å². The third-order valence-electron chi connectivity index (χ3n) is 2.61. The number of hydrogen-bond donors (Lipinski definition) is 1. The second-order valence-electron chi connectivity index (χ2n) is 4.17. The molecule has 2 rings (SSSR count). The highest BCUT2D eigenvalue weighted by Crippen LogP contribution is 2.13. The summed E-state index contributed by atoms with van der Waals surface area (Å²) in [7, 11) is 0. The van der Waals surface area contributed by atoms with Crippen LogP contribution in [0.25, 0.3) is 0 Å². The van der Waals surface area contributed by atoms with Gasteiger partial charge in [0.15, 0.2) is 0 Å². The van der Waals surface area contributed by atoms with Gasteiger partial charge in [0.05, 0.1) is 6.61 Å². The first-order valence-electron chi connectivity index (χ1n) is 5.33. The van der Waals surface area contributed by atoms with Crippen molar-refractivity contribution in [3.05, 3.63) is 34.9 Å². The summed E-state index contributed by atoms with van der Waals surface area (Å²) in [5.74, 6) is 0.617. The fourth-order valence-corrected chi connectivity index (χ4v) is 1.82. The molecule has 1 fully saturated rings. The zero-order valence-corrected chi connectivity index (χ0v) is 9.63. The first-order chi connectivity index (χ1) is 7.24. The summed E-state index contributed by atoms with van der Waals surface area (Å²) in [6.07, 6.45) is 1.06. The minimum atomic E-state index is 0.155. The molecule has 1 aliphatic rings. The van der Waals surface area contributed by atoms with Crippen LogP contribution in [0, 0.1) is 5.92 Å². The topological polar surface area (TPSA) is 21.3 Å². The van der Waals surface area contributed by atoms with Crippen molar-refractivity contribution in [1.29, 1.82) is 0 Å². The molecule has 0 aromatic heterocycles. The normalized spacial score (nSPS) is 26.5. The van der Waals surface area contributed by atoms with Gasteiger partial charge in [0.2, 0.25) is 0 Å². The molecule has 2 atom stereocenters. The van der Waals surface area contributed by atoms with Crippen LogP contribution in [0.3, 0.4) is 0 Å². The molecular formula is C12H16ClNO. The molecule has 0 saturated carbocycles. The van der Waals surface area contributed by atoms with Crippen LogP contribution >= 0.6 is 11.6 Å². The molecule has 1 aromatic rings. The third kappa shape index (κ3) is 3.20. The Morgan fingerprint density at radius 3 is 2.73 bits per heavy atom. The van der Waals surface area contributed by atoms with Crippen LogP contribution in [0.5, 0.6) is 0 Å². The number of ether oxygens (including phenoxy) is 1. The van der Waals surface area contributed by atoms with Gasteiger partial charge >= 0.3 is 0 Å². The number of halogens is 1. The maximum atomic E-state index is 5.83. The second kappa shape index (κ2) is 4.97. The van der Waals surface area contributed by atoms with E-state index < -0.39 is 0 Å². The molecule has 1 N–H and O–H groups in total. The molecule has 0 spiro atoms. The van der Waals surface area contributed by atoms with E-state index in [2.05, 4.69) is 12.2 Å². The van der Waals surface area contributed by atoms with Crippen LogP contribution in [0.2, 0.25) is 5.02 Å². The van der Waals surface area contributed by atoms with Crippen LogP contribution in [0.1, 0.15) is 12.5 Å². The maximum absolute atomic E-state index is 5.83. The van der Waals surface area contributed by atoms with Crippen LogP contribution in [-0.4, -0.2) is 19.4 Å². The zero-order chi connectivity index (χ0) is 10.7. The van der Waals surface area contributed by atoms with Crippen molar-refractivity contribution in [3.63, 3.8) is 0 Å². The summed E-state index contributed by atoms with van der Waals surface area (Å²) < 4.78 is 5.68. The number of rotatable bonds is 2. The maximum Gasteiger partial charge on any atom is 0.112 e. The Hall–Kier alpha value is -0.570. The Morgan fingerprint density at radius 2 is 2.13 bits per heavy atom. The highest BCUT2D eigenvalue weighted by Gasteiger charge is 2.17. The lowest BCUT2D eigenvalue weighted by Crippen LogP contribution is -2.43. The molecule has 1 aliphatic heterocycles. The van der Waals surface area contributed by atoms with E-state index in [-0.39, 0.29) is 6.23 Å². The number of hydrogen-bond acceptors (Lipinski definition) is 2. The van der Waals surface area contributed by atoms with Gasteiger partial charge in [0, 0.05) is 18.0 Å². The van der Waals surface area contributed by atoms with Crippen LogP contribution < -0.4 is 5.32 Å². The van der Waals surface area contributed by atoms with E-state index in [0.717, 1.165) is 24.6 Å². The standard InChI is InChI=1S/C12H16ClNO/c1-9-7-14-12(15-8-9)6-10-2-4-11(13)5-3-10/h2-5,9,12,14H,6-8H2,1H3. The van der Waals surface area contributed by atoms with Crippen LogP contribution in [-0.2, 0) is 11.2 Å². The Bertz CT molecular complexity index is 304. The summed E-state index contributed by atoms with van der Waals surface area (Å²) in [5.41, 5.74) is 1.26. The molecule has 3 heteroatoms. The molecule has 15 heavy (non-hydrogen) atoms. The Balaban J connectivity index is 1.89. The predicted molar refractivity (Wildman–Crippen MR) is 62.1 cm³/mol. The first-order valence-corrected chi connectivity index (χ1v) is 5.71. The second-order valence-corrected chi connectivity index (χ2v) is 4.60. The van der Waals surface area contributed by atoms with Crippen molar-refractivity contribution < 1.29 is 4.74 Å². The molecule has 1 aromatic carbocycles. The molecule has 82 valence electrons. The highest BCUT2D eigenvalue weighted by molar-refractivity contribution is 6.30. The summed E-state index contributed by atoms with van der Waals surface area (Å²) in [5, 5.41) is 4.16. The molecule has 0 bridgehead atoms. The van der Waals surface area contributed by atoms with Crippen molar-refractivity contribution in [2.24, 2.45) is 5.92 Å². The fraction of sp³-hybridized carbons (Fsp3) is 0.500. The molecule has 1 heterocycles. The minimum absolute atomic E-state index is 0.155. The van der Waals surface area contributed by atoms with Gasteiger partial charge in [-0.1, -0.05) is 30.7 Å². The number of benzene rings is 1. The Kier molecular flexibility index (Phi) is 3.62. The van der Waals surface area contributed by atoms with Gasteiger partial charge in [-0.15, -0.1) is 0 Å². The summed E-state index contributed by atoms with van der Waals surface area (Å²) in [6, 6.07) is 7.93. The zero-order valence-electron chi connectivity index (χ0n) is 8.87. The van der Waals surface area contributed by atoms with E-state index in [4.69, 9.17) is 16.3 Å². The smallest absolute Gasteiger partial charge is 0.112 e. The van der Waals surface area contributed by atoms with E-state index in [1.54, 1.807) is 0 Å². The predicted octanol–water partition coefficient (Wildman–Crippen LogP) is 2.46. The Morgan fingerprint density at radius 1 is 1.40 bits per heavy atom. The third-order valence-corrected chi connectivity index (χ3v) is 2.86. The van der Waals surface area contributed by atoms with Gasteiger partial charge in [-0.3, -0.25) is 5.32 Å². The molecule has 0 aliphatic carbocycles. The fourth-order valence-electron chi connectivity index (χ4n) is 1.70. The molecular weight excluding hydrogens is 210 g/mol. The molecule has 0 radical (unpaired) electrons. The van der Waals surface area contributed by atoms with Crippen molar-refractivity contribution in [2.45, 2.75) is 19.6 Å². The quantitative estimate of drug-likeness (QED) is 0.835. The summed E-state index contributed by atoms with van der Waals surface area (Å²) >= 11 is 5.83. The minimum Gasteiger partial charge on any atom is -0.363 e. The van der Waals surface area contributed by atoms with Crippen molar-refractivity contribution >= 4 is 11.6 Å². The SMILES string of the molecule is CC1CNC(Cc2ccc(Cl)cc2)OC1. The van der Waals surface area contributed by atoms with Gasteiger partial charge in [-0.2, -0.15) is 0 Å². The van der Waals surface area contributed by atoms with E-state index in [9.17, 15) is 0 Å². The van der Waals surface area contributed by atoms with E-state index >= 15 is 0 Å². The lowest BCUT2D eigenvalue weighted by Gasteiger charge is -2.28. The molecule has 2 nitrogen and oxygen atoms in total. The number of nitrogens with one attached hydrogen (secondary N) is 1.